The van der Waals surface area contributed by atoms with Crippen LogP contribution in [-0.4, -0.2) is 47.5 Å². The third kappa shape index (κ3) is 5.43. The Morgan fingerprint density at radius 3 is 2.57 bits per heavy atom. The summed E-state index contributed by atoms with van der Waals surface area (Å²) in [5, 5.41) is 23.8. The van der Waals surface area contributed by atoms with Crippen LogP contribution in [0.5, 0.6) is 0 Å². The van der Waals surface area contributed by atoms with Gasteiger partial charge in [-0.05, 0) is 49.8 Å². The lowest BCUT2D eigenvalue weighted by molar-refractivity contribution is -0.119. The standard InChI is InChI=1S/C25H33N7O3/c1-4-32-20(11-12-27-32)24(34)30-22(17-7-5-16(2)6-8-17)25(35)29-21-10-9-18(13-26-21)23-19(15-33)14-28-31(23)3/h9-14,16-17,22,33H,4-8,15H2,1-3H3,(H,30,34)(H,26,29,35)/t16-,17-,22-/m0/s1. The highest BCUT2D eigenvalue weighted by molar-refractivity contribution is 6.00. The predicted octanol–water partition coefficient (Wildman–Crippen LogP) is 2.75. The van der Waals surface area contributed by atoms with E-state index in [2.05, 4.69) is 32.7 Å². The number of rotatable bonds is 8. The fraction of sp³-hybridized carbons (Fsp3) is 0.480. The third-order valence-corrected chi connectivity index (χ3v) is 6.82. The first-order valence-corrected chi connectivity index (χ1v) is 12.1. The van der Waals surface area contributed by atoms with Gasteiger partial charge < -0.3 is 15.7 Å². The van der Waals surface area contributed by atoms with E-state index in [1.165, 1.54) is 0 Å². The van der Waals surface area contributed by atoms with Crippen LogP contribution in [0, 0.1) is 11.8 Å². The van der Waals surface area contributed by atoms with Crippen molar-refractivity contribution in [3.8, 4) is 11.3 Å². The number of aryl methyl sites for hydroxylation is 2. The van der Waals surface area contributed by atoms with Crippen LogP contribution in [0.4, 0.5) is 5.82 Å². The number of carbonyl (C=O) groups excluding carboxylic acids is 2. The summed E-state index contributed by atoms with van der Waals surface area (Å²) in [6, 6.07) is 4.54. The summed E-state index contributed by atoms with van der Waals surface area (Å²) in [5.41, 5.74) is 2.69. The van der Waals surface area contributed by atoms with E-state index in [1.807, 2.05) is 13.0 Å². The maximum atomic E-state index is 13.4. The first-order chi connectivity index (χ1) is 16.9. The van der Waals surface area contributed by atoms with Crippen molar-refractivity contribution in [2.24, 2.45) is 18.9 Å². The second-order valence-corrected chi connectivity index (χ2v) is 9.22. The van der Waals surface area contributed by atoms with E-state index >= 15 is 0 Å². The largest absolute Gasteiger partial charge is 0.392 e. The van der Waals surface area contributed by atoms with E-state index in [-0.39, 0.29) is 24.3 Å². The topological polar surface area (TPSA) is 127 Å². The molecule has 0 saturated heterocycles. The third-order valence-electron chi connectivity index (χ3n) is 6.82. The van der Waals surface area contributed by atoms with Crippen molar-refractivity contribution in [1.29, 1.82) is 0 Å². The molecular formula is C25H33N7O3. The van der Waals surface area contributed by atoms with Crippen LogP contribution in [0.1, 0.15) is 55.6 Å². The molecular weight excluding hydrogens is 446 g/mol. The minimum atomic E-state index is -0.672. The first-order valence-electron chi connectivity index (χ1n) is 12.1. The molecule has 10 heteroatoms. The Balaban J connectivity index is 1.51. The minimum absolute atomic E-state index is 0.0500. The van der Waals surface area contributed by atoms with E-state index in [1.54, 1.807) is 47.1 Å². The Hall–Kier alpha value is -3.53. The van der Waals surface area contributed by atoms with Gasteiger partial charge in [-0.2, -0.15) is 10.2 Å². The number of nitrogens with one attached hydrogen (secondary N) is 2. The average Bonchev–Trinajstić information content (AvgIpc) is 3.50. The molecule has 1 aliphatic rings. The maximum absolute atomic E-state index is 13.4. The van der Waals surface area contributed by atoms with E-state index in [0.29, 0.717) is 29.5 Å². The quantitative estimate of drug-likeness (QED) is 0.456. The summed E-state index contributed by atoms with van der Waals surface area (Å²) in [5.74, 6) is 0.483. The molecule has 1 saturated carbocycles. The van der Waals surface area contributed by atoms with Gasteiger partial charge >= 0.3 is 0 Å². The molecule has 1 fully saturated rings. The number of nitrogens with zero attached hydrogens (tertiary/aromatic N) is 5. The number of aromatic nitrogens is 5. The number of aliphatic hydroxyl groups excluding tert-OH is 1. The zero-order valence-electron chi connectivity index (χ0n) is 20.4. The molecule has 0 aromatic carbocycles. The molecule has 35 heavy (non-hydrogen) atoms. The van der Waals surface area contributed by atoms with Crippen LogP contribution in [0.15, 0.2) is 36.8 Å². The number of carbonyl (C=O) groups is 2. The summed E-state index contributed by atoms with van der Waals surface area (Å²) in [6.07, 6.45) is 8.66. The number of hydrogen-bond donors (Lipinski definition) is 3. The molecule has 0 bridgehead atoms. The molecule has 0 aliphatic heterocycles. The summed E-state index contributed by atoms with van der Waals surface area (Å²) < 4.78 is 3.30. The molecule has 3 aromatic rings. The van der Waals surface area contributed by atoms with Crippen molar-refractivity contribution >= 4 is 17.6 Å². The second-order valence-electron chi connectivity index (χ2n) is 9.22. The van der Waals surface area contributed by atoms with Crippen molar-refractivity contribution in [3.63, 3.8) is 0 Å². The molecule has 3 aromatic heterocycles. The monoisotopic (exact) mass is 479 g/mol. The van der Waals surface area contributed by atoms with Crippen molar-refractivity contribution in [3.05, 3.63) is 48.0 Å². The predicted molar refractivity (Wildman–Crippen MR) is 131 cm³/mol. The van der Waals surface area contributed by atoms with Gasteiger partial charge in [0.15, 0.2) is 0 Å². The van der Waals surface area contributed by atoms with Gasteiger partial charge in [0.05, 0.1) is 18.5 Å². The number of aliphatic hydroxyl groups is 1. The van der Waals surface area contributed by atoms with E-state index in [4.69, 9.17) is 0 Å². The number of hydrogen-bond acceptors (Lipinski definition) is 6. The lowest BCUT2D eigenvalue weighted by Gasteiger charge is -2.32. The Morgan fingerprint density at radius 2 is 1.91 bits per heavy atom. The Kier molecular flexibility index (Phi) is 7.60. The zero-order chi connectivity index (χ0) is 24.9. The Morgan fingerprint density at radius 1 is 1.14 bits per heavy atom. The van der Waals surface area contributed by atoms with Crippen molar-refractivity contribution in [1.82, 2.24) is 29.9 Å². The fourth-order valence-corrected chi connectivity index (χ4v) is 4.79. The van der Waals surface area contributed by atoms with Crippen LogP contribution in [-0.2, 0) is 25.0 Å². The van der Waals surface area contributed by atoms with Crippen molar-refractivity contribution in [2.45, 2.75) is 58.7 Å². The van der Waals surface area contributed by atoms with Crippen molar-refractivity contribution < 1.29 is 14.7 Å². The van der Waals surface area contributed by atoms with E-state index in [0.717, 1.165) is 36.9 Å². The van der Waals surface area contributed by atoms with Gasteiger partial charge in [0.25, 0.3) is 5.91 Å². The molecule has 0 unspecified atom stereocenters. The molecule has 1 atom stereocenters. The van der Waals surface area contributed by atoms with Gasteiger partial charge in [-0.3, -0.25) is 19.0 Å². The highest BCUT2D eigenvalue weighted by Crippen LogP contribution is 2.31. The number of amides is 2. The molecule has 186 valence electrons. The normalized spacial score (nSPS) is 18.7. The van der Waals surface area contributed by atoms with Crippen LogP contribution in [0.25, 0.3) is 11.3 Å². The zero-order valence-corrected chi connectivity index (χ0v) is 20.4. The van der Waals surface area contributed by atoms with Crippen LogP contribution in [0.3, 0.4) is 0 Å². The van der Waals surface area contributed by atoms with Gasteiger partial charge in [0, 0.05) is 37.1 Å². The molecule has 2 amide bonds. The fourth-order valence-electron chi connectivity index (χ4n) is 4.79. The number of anilines is 1. The Bertz CT molecular complexity index is 1160. The minimum Gasteiger partial charge on any atom is -0.392 e. The van der Waals surface area contributed by atoms with E-state index in [9.17, 15) is 14.7 Å². The molecule has 0 radical (unpaired) electrons. The molecule has 3 heterocycles. The second kappa shape index (κ2) is 10.8. The molecule has 4 rings (SSSR count). The van der Waals surface area contributed by atoms with Gasteiger partial charge in [-0.15, -0.1) is 0 Å². The van der Waals surface area contributed by atoms with Crippen LogP contribution in [0.2, 0.25) is 0 Å². The SMILES string of the molecule is CCn1nccc1C(=O)N[C@H](C(=O)Nc1ccc(-c2c(CO)cnn2C)cn1)[C@H]1CC[C@H](C)CC1. The highest BCUT2D eigenvalue weighted by Gasteiger charge is 2.33. The molecule has 10 nitrogen and oxygen atoms in total. The smallest absolute Gasteiger partial charge is 0.270 e. The maximum Gasteiger partial charge on any atom is 0.270 e. The lowest BCUT2D eigenvalue weighted by atomic mass is 9.79. The van der Waals surface area contributed by atoms with Crippen molar-refractivity contribution in [2.75, 3.05) is 5.32 Å². The van der Waals surface area contributed by atoms with Gasteiger partial charge in [0.2, 0.25) is 5.91 Å². The summed E-state index contributed by atoms with van der Waals surface area (Å²) in [7, 11) is 1.80. The van der Waals surface area contributed by atoms with Gasteiger partial charge in [-0.1, -0.05) is 19.8 Å². The van der Waals surface area contributed by atoms with Gasteiger partial charge in [0.1, 0.15) is 17.6 Å². The average molecular weight is 480 g/mol. The van der Waals surface area contributed by atoms with E-state index < -0.39 is 6.04 Å². The molecule has 0 spiro atoms. The molecule has 3 N–H and O–H groups in total. The Labute approximate surface area is 204 Å². The molecule has 1 aliphatic carbocycles. The van der Waals surface area contributed by atoms with Crippen LogP contribution < -0.4 is 10.6 Å². The summed E-state index contributed by atoms with van der Waals surface area (Å²) in [4.78, 5) is 30.8. The highest BCUT2D eigenvalue weighted by atomic mass is 16.3. The number of pyridine rings is 1. The summed E-state index contributed by atoms with van der Waals surface area (Å²) in [6.45, 7) is 4.58. The lowest BCUT2D eigenvalue weighted by Crippen LogP contribution is -2.49. The van der Waals surface area contributed by atoms with Crippen LogP contribution >= 0.6 is 0 Å². The van der Waals surface area contributed by atoms with Gasteiger partial charge in [-0.25, -0.2) is 4.98 Å². The first kappa shape index (κ1) is 24.6. The summed E-state index contributed by atoms with van der Waals surface area (Å²) >= 11 is 0.